The molecular weight excluding hydrogens is 484 g/mol. The van der Waals surface area contributed by atoms with Crippen molar-refractivity contribution in [2.75, 3.05) is 6.61 Å². The van der Waals surface area contributed by atoms with Crippen molar-refractivity contribution >= 4 is 35.1 Å². The summed E-state index contributed by atoms with van der Waals surface area (Å²) in [5, 5.41) is 11.9. The second-order valence-electron chi connectivity index (χ2n) is 10.8. The van der Waals surface area contributed by atoms with Crippen LogP contribution in [0, 0.1) is 28.6 Å². The maximum absolute atomic E-state index is 14.3. The molecular formula is C28H37ClO7. The number of hydrogen-bond acceptors (Lipinski definition) is 7. The van der Waals surface area contributed by atoms with Crippen molar-refractivity contribution in [3.63, 3.8) is 0 Å². The van der Waals surface area contributed by atoms with Crippen LogP contribution in [0.25, 0.3) is 0 Å². The Kier molecular flexibility index (Phi) is 4.23. The molecule has 7 nitrogen and oxygen atoms in total. The summed E-state index contributed by atoms with van der Waals surface area (Å²) in [6.07, 6.45) is -3.49. The molecule has 0 unspecified atom stereocenters. The smallest absolute Gasteiger partial charge is 0.306 e. The van der Waals surface area contributed by atoms with E-state index < -0.39 is 95.9 Å². The number of alkyl halides is 1. The zero-order chi connectivity index (χ0) is 35.3. The van der Waals surface area contributed by atoms with Gasteiger partial charge in [-0.05, 0) is 49.7 Å². The molecule has 0 heterocycles. The maximum atomic E-state index is 14.3. The fraction of sp³-hybridized carbons (Fsp3) is 0.714. The Morgan fingerprint density at radius 3 is 2.61 bits per heavy atom. The Balaban J connectivity index is 1.82. The molecule has 0 radical (unpaired) electrons. The van der Waals surface area contributed by atoms with E-state index in [-0.39, 0.29) is 18.6 Å². The van der Waals surface area contributed by atoms with E-state index in [0.717, 1.165) is 5.57 Å². The number of fused-ring (bicyclic) bond motifs is 5. The van der Waals surface area contributed by atoms with E-state index in [9.17, 15) is 24.3 Å². The van der Waals surface area contributed by atoms with Gasteiger partial charge in [0, 0.05) is 43.2 Å². The number of rotatable bonds is 6. The number of Topliss-reactive ketones (excluding diaryl/α,β-unsaturated/α-hetero) is 1. The second-order valence-corrected chi connectivity index (χ2v) is 11.4. The summed E-state index contributed by atoms with van der Waals surface area (Å²) in [5.74, 6) is -7.38. The highest BCUT2D eigenvalue weighted by molar-refractivity contribution is 6.26. The van der Waals surface area contributed by atoms with Gasteiger partial charge in [0.15, 0.2) is 18.0 Å². The Morgan fingerprint density at radius 1 is 1.22 bits per heavy atom. The summed E-state index contributed by atoms with van der Waals surface area (Å²) in [5.41, 5.74) is -4.26. The predicted molar refractivity (Wildman–Crippen MR) is 133 cm³/mol. The quantitative estimate of drug-likeness (QED) is 0.407. The number of ether oxygens (including phenoxy) is 2. The van der Waals surface area contributed by atoms with E-state index in [1.54, 1.807) is 13.0 Å². The van der Waals surface area contributed by atoms with E-state index >= 15 is 0 Å². The second kappa shape index (κ2) is 9.09. The fourth-order valence-corrected chi connectivity index (χ4v) is 8.37. The Bertz CT molecular complexity index is 1410. The Hall–Kier alpha value is -1.99. The largest absolute Gasteiger partial charge is 0.457 e. The van der Waals surface area contributed by atoms with Crippen LogP contribution in [0.1, 0.15) is 86.6 Å². The number of esters is 2. The van der Waals surface area contributed by atoms with Gasteiger partial charge in [0.25, 0.3) is 0 Å². The maximum Gasteiger partial charge on any atom is 0.306 e. The Labute approximate surface area is 231 Å². The molecule has 0 aliphatic heterocycles. The third-order valence-corrected chi connectivity index (χ3v) is 10.3. The summed E-state index contributed by atoms with van der Waals surface area (Å²) in [7, 11) is 0. The standard InChI is InChI=1S/C28H37ClO7/c1-6-23(33)35-15-22(32)28(36-24(34)7-2)16(3)12-20-19-9-8-17-13-18(30)10-11-25(17,4)27(19,29)21(31)14-26(20,28)5/h10-11,13,16,19-21,31H,6-9,12,14-15H2,1-5H3/t16-,19-,20-,21-,25-,26-,27-,28-/m0/s1/i1D3,2D3,6D2,7D2. The lowest BCUT2D eigenvalue weighted by atomic mass is 9.45. The summed E-state index contributed by atoms with van der Waals surface area (Å²) >= 11 is 7.43. The van der Waals surface area contributed by atoms with Crippen LogP contribution in [0.4, 0.5) is 0 Å². The number of carbonyl (C=O) groups is 4. The summed E-state index contributed by atoms with van der Waals surface area (Å²) in [6.45, 7) is -3.44. The molecule has 0 spiro atoms. The van der Waals surface area contributed by atoms with Crippen LogP contribution in [0.3, 0.4) is 0 Å². The van der Waals surface area contributed by atoms with Crippen LogP contribution in [0.2, 0.25) is 0 Å². The fourth-order valence-electron chi connectivity index (χ4n) is 7.84. The first-order valence-corrected chi connectivity index (χ1v) is 12.3. The van der Waals surface area contributed by atoms with Gasteiger partial charge in [-0.3, -0.25) is 19.2 Å². The van der Waals surface area contributed by atoms with Crippen molar-refractivity contribution in [1.82, 2.24) is 0 Å². The molecule has 0 saturated heterocycles. The predicted octanol–water partition coefficient (Wildman–Crippen LogP) is 4.09. The van der Waals surface area contributed by atoms with Crippen molar-refractivity contribution in [2.24, 2.45) is 28.6 Å². The number of aliphatic hydroxyl groups excluding tert-OH is 1. The van der Waals surface area contributed by atoms with Crippen LogP contribution in [0.15, 0.2) is 23.8 Å². The van der Waals surface area contributed by atoms with Gasteiger partial charge >= 0.3 is 11.9 Å². The third-order valence-electron chi connectivity index (χ3n) is 9.39. The van der Waals surface area contributed by atoms with Gasteiger partial charge in [-0.1, -0.05) is 46.1 Å². The SMILES string of the molecule is [2H]C([2H])([2H])C([2H])([2H])C(=O)OCC(=O)[C@@]1(OC(=O)C([2H])([2H])C([2H])([2H])[2H])[C@@H](C)C[C@H]2[C@@H]3CCC4=CC(=O)C=C[C@]4(C)[C@@]3(Cl)[C@@H](O)C[C@@]21C. The minimum absolute atomic E-state index is 0.111. The van der Waals surface area contributed by atoms with Gasteiger partial charge in [-0.15, -0.1) is 11.6 Å². The molecule has 198 valence electrons. The first kappa shape index (κ1) is 16.8. The molecule has 0 aromatic heterocycles. The number of halogens is 1. The number of carbonyl (C=O) groups excluding carboxylic acids is 4. The number of allylic oxidation sites excluding steroid dienone is 4. The topological polar surface area (TPSA) is 107 Å². The van der Waals surface area contributed by atoms with Crippen molar-refractivity contribution in [2.45, 2.75) is 89.5 Å². The van der Waals surface area contributed by atoms with E-state index in [1.807, 2.05) is 0 Å². The monoisotopic (exact) mass is 530 g/mol. The summed E-state index contributed by atoms with van der Waals surface area (Å²) in [6, 6.07) is 0. The van der Waals surface area contributed by atoms with E-state index in [4.69, 9.17) is 34.8 Å². The van der Waals surface area contributed by atoms with E-state index in [2.05, 4.69) is 0 Å². The van der Waals surface area contributed by atoms with E-state index in [1.165, 1.54) is 26.0 Å². The van der Waals surface area contributed by atoms with Gasteiger partial charge in [0.2, 0.25) is 5.78 Å². The minimum atomic E-state index is -3.59. The number of aliphatic hydroxyl groups is 1. The van der Waals surface area contributed by atoms with Crippen molar-refractivity contribution < 1.29 is 47.5 Å². The molecule has 0 bridgehead atoms. The minimum Gasteiger partial charge on any atom is -0.457 e. The lowest BCUT2D eigenvalue weighted by molar-refractivity contribution is -0.203. The highest BCUT2D eigenvalue weighted by atomic mass is 35.5. The highest BCUT2D eigenvalue weighted by Crippen LogP contribution is 2.72. The average molecular weight is 531 g/mol. The molecule has 1 N–H and O–H groups in total. The van der Waals surface area contributed by atoms with Crippen LogP contribution in [-0.2, 0) is 28.7 Å². The Morgan fingerprint density at radius 2 is 1.92 bits per heavy atom. The van der Waals surface area contributed by atoms with Gasteiger partial charge in [-0.25, -0.2) is 0 Å². The molecule has 36 heavy (non-hydrogen) atoms. The first-order valence-electron chi connectivity index (χ1n) is 16.9. The van der Waals surface area contributed by atoms with Gasteiger partial charge in [-0.2, -0.15) is 0 Å². The molecule has 0 aromatic carbocycles. The lowest BCUT2D eigenvalue weighted by Gasteiger charge is -2.64. The third kappa shape index (κ3) is 3.48. The molecule has 4 aliphatic rings. The van der Waals surface area contributed by atoms with Crippen LogP contribution in [-0.4, -0.2) is 51.8 Å². The van der Waals surface area contributed by atoms with Gasteiger partial charge in [0.05, 0.1) is 11.0 Å². The van der Waals surface area contributed by atoms with Gasteiger partial charge in [0.1, 0.15) is 0 Å². The average Bonchev–Trinajstić information content (AvgIpc) is 3.13. The van der Waals surface area contributed by atoms with E-state index in [0.29, 0.717) is 12.8 Å². The highest BCUT2D eigenvalue weighted by Gasteiger charge is 2.76. The molecule has 0 amide bonds. The van der Waals surface area contributed by atoms with Crippen LogP contribution in [0.5, 0.6) is 0 Å². The number of ketones is 2. The molecule has 8 atom stereocenters. The normalized spacial score (nSPS) is 48.7. The summed E-state index contributed by atoms with van der Waals surface area (Å²) < 4.78 is 86.6. The van der Waals surface area contributed by atoms with Crippen molar-refractivity contribution in [3.05, 3.63) is 23.8 Å². The molecule has 4 aliphatic carbocycles. The van der Waals surface area contributed by atoms with Crippen molar-refractivity contribution in [1.29, 1.82) is 0 Å². The van der Waals surface area contributed by atoms with Crippen molar-refractivity contribution in [3.8, 4) is 0 Å². The summed E-state index contributed by atoms with van der Waals surface area (Å²) in [4.78, 5) is 51.0. The molecule has 0 aromatic rings. The molecule has 3 fully saturated rings. The van der Waals surface area contributed by atoms with Gasteiger partial charge < -0.3 is 14.6 Å². The lowest BCUT2D eigenvalue weighted by Crippen LogP contribution is -2.69. The molecule has 8 heteroatoms. The number of hydrogen-bond donors (Lipinski definition) is 1. The van der Waals surface area contributed by atoms with Crippen LogP contribution < -0.4 is 0 Å². The first-order chi connectivity index (χ1) is 20.7. The molecule has 4 rings (SSSR count). The molecule has 3 saturated carbocycles. The zero-order valence-corrected chi connectivity index (χ0v) is 21.1. The van der Waals surface area contributed by atoms with Crippen LogP contribution >= 0.6 is 11.6 Å². The zero-order valence-electron chi connectivity index (χ0n) is 30.4.